The van der Waals surface area contributed by atoms with Crippen molar-refractivity contribution < 1.29 is 4.48 Å². The number of rotatable bonds is 3. The van der Waals surface area contributed by atoms with Gasteiger partial charge in [0.15, 0.2) is 0 Å². The molecule has 3 nitrogen and oxygen atoms in total. The Kier molecular flexibility index (Phi) is 4.77. The summed E-state index contributed by atoms with van der Waals surface area (Å²) in [4.78, 5) is 5.68. The second-order valence-corrected chi connectivity index (χ2v) is 12.0. The standard InChI is InChI=1S/C23H44N3/c1-21(2,3)25-13-16-26(14-9-20(25)10-15-26)19-22(4,5)24-17-23(18-24)11-7-6-8-12-23/h20H,6-19H2,1-5H3/q+1. The third kappa shape index (κ3) is 3.49. The van der Waals surface area contributed by atoms with Gasteiger partial charge < -0.3 is 4.48 Å². The van der Waals surface area contributed by atoms with Gasteiger partial charge in [0, 0.05) is 44.1 Å². The van der Waals surface area contributed by atoms with Crippen LogP contribution in [0.3, 0.4) is 0 Å². The Hall–Kier alpha value is -0.120. The predicted octanol–water partition coefficient (Wildman–Crippen LogP) is 4.12. The zero-order valence-electron chi connectivity index (χ0n) is 18.3. The number of nitrogens with zero attached hydrogens (tertiary/aromatic N) is 3. The molecule has 0 unspecified atom stereocenters. The molecule has 4 saturated heterocycles. The van der Waals surface area contributed by atoms with Crippen LogP contribution in [0.4, 0.5) is 0 Å². The second kappa shape index (κ2) is 6.46. The first-order valence-corrected chi connectivity index (χ1v) is 11.5. The minimum absolute atomic E-state index is 0.329. The van der Waals surface area contributed by atoms with Crippen LogP contribution in [0.1, 0.15) is 79.6 Å². The van der Waals surface area contributed by atoms with Crippen LogP contribution in [0, 0.1) is 5.41 Å². The first-order valence-electron chi connectivity index (χ1n) is 11.5. The summed E-state index contributed by atoms with van der Waals surface area (Å²) in [5, 5.41) is 0. The lowest BCUT2D eigenvalue weighted by atomic mass is 9.67. The molecule has 0 aromatic heterocycles. The van der Waals surface area contributed by atoms with E-state index in [0.717, 1.165) is 6.04 Å². The van der Waals surface area contributed by atoms with E-state index in [1.54, 1.807) is 0 Å². The maximum Gasteiger partial charge on any atom is 0.0968 e. The van der Waals surface area contributed by atoms with Crippen molar-refractivity contribution in [2.75, 3.05) is 45.8 Å². The highest BCUT2D eigenvalue weighted by Gasteiger charge is 2.52. The molecule has 5 aliphatic rings. The molecule has 0 amide bonds. The van der Waals surface area contributed by atoms with Crippen LogP contribution in [0.15, 0.2) is 0 Å². The normalized spacial score (nSPS) is 36.1. The third-order valence-corrected chi connectivity index (χ3v) is 8.54. The number of hydrogen-bond acceptors (Lipinski definition) is 2. The van der Waals surface area contributed by atoms with Crippen molar-refractivity contribution in [2.45, 2.75) is 96.7 Å². The van der Waals surface area contributed by atoms with Gasteiger partial charge in [0.25, 0.3) is 0 Å². The van der Waals surface area contributed by atoms with Crippen LogP contribution in [0.5, 0.6) is 0 Å². The van der Waals surface area contributed by atoms with Crippen LogP contribution in [-0.2, 0) is 0 Å². The summed E-state index contributed by atoms with van der Waals surface area (Å²) in [6.45, 7) is 22.0. The first kappa shape index (κ1) is 19.2. The van der Waals surface area contributed by atoms with E-state index in [4.69, 9.17) is 0 Å². The summed E-state index contributed by atoms with van der Waals surface area (Å²) in [5.74, 6) is 0. The highest BCUT2D eigenvalue weighted by molar-refractivity contribution is 5.02. The van der Waals surface area contributed by atoms with E-state index in [1.165, 1.54) is 95.2 Å². The van der Waals surface area contributed by atoms with E-state index in [-0.39, 0.29) is 0 Å². The largest absolute Gasteiger partial charge is 0.321 e. The predicted molar refractivity (Wildman–Crippen MR) is 110 cm³/mol. The Balaban J connectivity index is 1.40. The number of fused-ring (bicyclic) bond motifs is 4. The summed E-state index contributed by atoms with van der Waals surface area (Å²) in [7, 11) is 0. The minimum Gasteiger partial charge on any atom is -0.321 e. The summed E-state index contributed by atoms with van der Waals surface area (Å²) in [6, 6.07) is 0.835. The van der Waals surface area contributed by atoms with E-state index in [2.05, 4.69) is 44.4 Å². The first-order chi connectivity index (χ1) is 12.1. The molecular formula is C23H44N3+. The zero-order valence-corrected chi connectivity index (χ0v) is 18.3. The SMILES string of the molecule is CC(C)(C)N1CC[N+]2(CC(C)(C)N3CC4(CCCCC4)C3)CCC1CC2. The van der Waals surface area contributed by atoms with Gasteiger partial charge in [-0.3, -0.25) is 9.80 Å². The van der Waals surface area contributed by atoms with Crippen molar-refractivity contribution in [1.82, 2.24) is 9.80 Å². The monoisotopic (exact) mass is 362 g/mol. The van der Waals surface area contributed by atoms with E-state index in [0.29, 0.717) is 16.5 Å². The molecule has 4 heterocycles. The van der Waals surface area contributed by atoms with Gasteiger partial charge in [-0.05, 0) is 52.9 Å². The van der Waals surface area contributed by atoms with Crippen molar-refractivity contribution in [1.29, 1.82) is 0 Å². The van der Waals surface area contributed by atoms with Gasteiger partial charge in [-0.2, -0.15) is 0 Å². The molecule has 1 spiro atoms. The van der Waals surface area contributed by atoms with E-state index in [1.807, 2.05) is 0 Å². The Morgan fingerprint density at radius 3 is 2.08 bits per heavy atom. The summed E-state index contributed by atoms with van der Waals surface area (Å²) >= 11 is 0. The van der Waals surface area contributed by atoms with Crippen LogP contribution in [0.2, 0.25) is 0 Å². The average Bonchev–Trinajstić information content (AvgIpc) is 2.82. The van der Waals surface area contributed by atoms with E-state index >= 15 is 0 Å². The van der Waals surface area contributed by atoms with Crippen LogP contribution >= 0.6 is 0 Å². The van der Waals surface area contributed by atoms with Crippen molar-refractivity contribution in [2.24, 2.45) is 5.41 Å². The van der Waals surface area contributed by atoms with Gasteiger partial charge in [0.2, 0.25) is 0 Å². The molecule has 4 aliphatic heterocycles. The average molecular weight is 363 g/mol. The molecule has 26 heavy (non-hydrogen) atoms. The minimum atomic E-state index is 0.329. The van der Waals surface area contributed by atoms with Gasteiger partial charge in [0.1, 0.15) is 0 Å². The van der Waals surface area contributed by atoms with Crippen LogP contribution in [-0.4, -0.2) is 77.2 Å². The zero-order chi connectivity index (χ0) is 18.6. The van der Waals surface area contributed by atoms with E-state index in [9.17, 15) is 0 Å². The summed E-state index contributed by atoms with van der Waals surface area (Å²) < 4.78 is 1.39. The highest BCUT2D eigenvalue weighted by atomic mass is 15.4. The molecule has 1 aliphatic carbocycles. The fourth-order valence-electron chi connectivity index (χ4n) is 6.99. The second-order valence-electron chi connectivity index (χ2n) is 12.0. The molecule has 3 heteroatoms. The maximum absolute atomic E-state index is 2.85. The number of piperidine rings is 1. The molecule has 2 bridgehead atoms. The van der Waals surface area contributed by atoms with Gasteiger partial charge in [-0.25, -0.2) is 0 Å². The molecule has 150 valence electrons. The van der Waals surface area contributed by atoms with Gasteiger partial charge in [-0.15, -0.1) is 0 Å². The number of likely N-dealkylation sites (tertiary alicyclic amines) is 1. The fraction of sp³-hybridized carbons (Fsp3) is 1.00. The van der Waals surface area contributed by atoms with Gasteiger partial charge in [-0.1, -0.05) is 19.3 Å². The molecule has 0 aromatic carbocycles. The lowest BCUT2D eigenvalue weighted by Gasteiger charge is -2.59. The van der Waals surface area contributed by atoms with Crippen molar-refractivity contribution in [3.05, 3.63) is 0 Å². The van der Waals surface area contributed by atoms with Crippen LogP contribution < -0.4 is 0 Å². The quantitative estimate of drug-likeness (QED) is 0.697. The van der Waals surface area contributed by atoms with Crippen molar-refractivity contribution in [3.8, 4) is 0 Å². The summed E-state index contributed by atoms with van der Waals surface area (Å²) in [6.07, 6.45) is 10.3. The Morgan fingerprint density at radius 1 is 0.885 bits per heavy atom. The lowest BCUT2D eigenvalue weighted by molar-refractivity contribution is -0.933. The molecule has 5 rings (SSSR count). The molecule has 1 saturated carbocycles. The molecular weight excluding hydrogens is 318 g/mol. The van der Waals surface area contributed by atoms with Crippen molar-refractivity contribution >= 4 is 0 Å². The molecule has 0 radical (unpaired) electrons. The molecule has 0 aromatic rings. The topological polar surface area (TPSA) is 6.48 Å². The number of hydrogen-bond donors (Lipinski definition) is 0. The lowest BCUT2D eigenvalue weighted by Crippen LogP contribution is -2.69. The molecule has 0 atom stereocenters. The fourth-order valence-corrected chi connectivity index (χ4v) is 6.99. The summed E-state index contributed by atoms with van der Waals surface area (Å²) in [5.41, 5.74) is 1.41. The maximum atomic E-state index is 2.85. The van der Waals surface area contributed by atoms with Crippen molar-refractivity contribution in [3.63, 3.8) is 0 Å². The van der Waals surface area contributed by atoms with E-state index < -0.39 is 0 Å². The smallest absolute Gasteiger partial charge is 0.0968 e. The Labute approximate surface area is 162 Å². The highest BCUT2D eigenvalue weighted by Crippen LogP contribution is 2.47. The molecule has 5 fully saturated rings. The number of quaternary nitrogens is 1. The van der Waals surface area contributed by atoms with Gasteiger partial charge >= 0.3 is 0 Å². The molecule has 0 N–H and O–H groups in total. The Bertz CT molecular complexity index is 496. The van der Waals surface area contributed by atoms with Gasteiger partial charge in [0.05, 0.1) is 31.7 Å². The third-order valence-electron chi connectivity index (χ3n) is 8.54. The van der Waals surface area contributed by atoms with Crippen LogP contribution in [0.25, 0.3) is 0 Å². The Morgan fingerprint density at radius 2 is 1.50 bits per heavy atom.